The van der Waals surface area contributed by atoms with Gasteiger partial charge in [0.15, 0.2) is 5.82 Å². The van der Waals surface area contributed by atoms with Gasteiger partial charge in [-0.2, -0.15) is 5.10 Å². The Morgan fingerprint density at radius 2 is 2.04 bits per heavy atom. The van der Waals surface area contributed by atoms with Crippen LogP contribution in [0.15, 0.2) is 48.9 Å². The molecule has 0 aliphatic rings. The van der Waals surface area contributed by atoms with E-state index in [9.17, 15) is 9.59 Å². The number of carbonyl (C=O) groups excluding carboxylic acids is 2. The Labute approximate surface area is 159 Å². The van der Waals surface area contributed by atoms with Crippen LogP contribution in [0, 0.1) is 0 Å². The van der Waals surface area contributed by atoms with Crippen LogP contribution in [0.4, 0.5) is 0 Å². The summed E-state index contributed by atoms with van der Waals surface area (Å²) in [5.41, 5.74) is 1.67. The third kappa shape index (κ3) is 4.48. The molecule has 0 aliphatic carbocycles. The van der Waals surface area contributed by atoms with Gasteiger partial charge in [-0.3, -0.25) is 9.89 Å². The zero-order valence-electron chi connectivity index (χ0n) is 14.3. The number of amides is 1. The normalized spacial score (nSPS) is 11.6. The fraction of sp³-hybridized carbons (Fsp3) is 0.167. The lowest BCUT2D eigenvalue weighted by atomic mass is 10.0. The van der Waals surface area contributed by atoms with E-state index in [1.54, 1.807) is 42.6 Å². The van der Waals surface area contributed by atoms with Gasteiger partial charge in [-0.05, 0) is 17.7 Å². The van der Waals surface area contributed by atoms with E-state index in [1.807, 2.05) is 0 Å². The second kappa shape index (κ2) is 8.41. The van der Waals surface area contributed by atoms with Crippen LogP contribution in [0.3, 0.4) is 0 Å². The molecular formula is C18H16ClN5O3. The van der Waals surface area contributed by atoms with E-state index in [0.29, 0.717) is 22.1 Å². The zero-order chi connectivity index (χ0) is 19.2. The molecular weight excluding hydrogens is 370 g/mol. The Morgan fingerprint density at radius 3 is 2.70 bits per heavy atom. The van der Waals surface area contributed by atoms with Gasteiger partial charge in [-0.1, -0.05) is 35.9 Å². The smallest absolute Gasteiger partial charge is 0.328 e. The molecule has 0 bridgehead atoms. The van der Waals surface area contributed by atoms with E-state index in [4.69, 9.17) is 16.3 Å². The summed E-state index contributed by atoms with van der Waals surface area (Å²) >= 11 is 5.78. The van der Waals surface area contributed by atoms with Gasteiger partial charge in [0.1, 0.15) is 17.5 Å². The largest absolute Gasteiger partial charge is 0.467 e. The van der Waals surface area contributed by atoms with E-state index in [2.05, 4.69) is 25.5 Å². The van der Waals surface area contributed by atoms with Crippen LogP contribution in [0.25, 0.3) is 11.4 Å². The average Bonchev–Trinajstić information content (AvgIpc) is 3.23. The number of H-pyrrole nitrogens is 1. The molecule has 0 spiro atoms. The monoisotopic (exact) mass is 385 g/mol. The number of nitrogens with one attached hydrogen (secondary N) is 2. The number of methoxy groups -OCH3 is 1. The maximum absolute atomic E-state index is 12.8. The SMILES string of the molecule is COC(=O)C(Cc1ccc(Cl)nc1)NC(=O)c1ccccc1-c1ncn[nH]1. The molecule has 27 heavy (non-hydrogen) atoms. The van der Waals surface area contributed by atoms with Crippen LogP contribution in [-0.4, -0.2) is 45.2 Å². The standard InChI is InChI=1S/C18H16ClN5O3/c1-27-18(26)14(8-11-6-7-15(19)20-9-11)23-17(25)13-5-3-2-4-12(13)16-21-10-22-24-16/h2-7,9-10,14H,8H2,1H3,(H,23,25)(H,21,22,24). The van der Waals surface area contributed by atoms with Gasteiger partial charge in [-0.15, -0.1) is 0 Å². The van der Waals surface area contributed by atoms with Crippen molar-refractivity contribution in [2.45, 2.75) is 12.5 Å². The van der Waals surface area contributed by atoms with Gasteiger partial charge in [0.05, 0.1) is 12.7 Å². The summed E-state index contributed by atoms with van der Waals surface area (Å²) in [6.45, 7) is 0. The minimum atomic E-state index is -0.881. The minimum absolute atomic E-state index is 0.215. The lowest BCUT2D eigenvalue weighted by molar-refractivity contribution is -0.142. The van der Waals surface area contributed by atoms with E-state index >= 15 is 0 Å². The summed E-state index contributed by atoms with van der Waals surface area (Å²) in [5.74, 6) is -0.535. The number of ether oxygens (including phenoxy) is 1. The number of nitrogens with zero attached hydrogens (tertiary/aromatic N) is 3. The lowest BCUT2D eigenvalue weighted by Crippen LogP contribution is -2.43. The predicted molar refractivity (Wildman–Crippen MR) is 98.0 cm³/mol. The molecule has 2 heterocycles. The van der Waals surface area contributed by atoms with E-state index < -0.39 is 17.9 Å². The predicted octanol–water partition coefficient (Wildman–Crippen LogP) is 2.03. The number of benzene rings is 1. The summed E-state index contributed by atoms with van der Waals surface area (Å²) in [6.07, 6.45) is 3.12. The number of carbonyl (C=O) groups is 2. The molecule has 9 heteroatoms. The highest BCUT2D eigenvalue weighted by Crippen LogP contribution is 2.19. The summed E-state index contributed by atoms with van der Waals surface area (Å²) in [5, 5.41) is 9.59. The molecule has 0 saturated carbocycles. The Hall–Kier alpha value is -3.26. The first-order valence-corrected chi connectivity index (χ1v) is 8.40. The van der Waals surface area contributed by atoms with Crippen molar-refractivity contribution in [3.05, 3.63) is 65.2 Å². The fourth-order valence-corrected chi connectivity index (χ4v) is 2.67. The van der Waals surface area contributed by atoms with Crippen molar-refractivity contribution >= 4 is 23.5 Å². The summed E-state index contributed by atoms with van der Waals surface area (Å²) < 4.78 is 4.82. The lowest BCUT2D eigenvalue weighted by Gasteiger charge is -2.17. The fourth-order valence-electron chi connectivity index (χ4n) is 2.56. The first kappa shape index (κ1) is 18.5. The number of hydrogen-bond acceptors (Lipinski definition) is 6. The van der Waals surface area contributed by atoms with Crippen molar-refractivity contribution in [2.75, 3.05) is 7.11 Å². The van der Waals surface area contributed by atoms with Gasteiger partial charge in [0.2, 0.25) is 0 Å². The van der Waals surface area contributed by atoms with Crippen LogP contribution in [0.5, 0.6) is 0 Å². The Morgan fingerprint density at radius 1 is 1.22 bits per heavy atom. The van der Waals surface area contributed by atoms with Crippen molar-refractivity contribution in [3.8, 4) is 11.4 Å². The molecule has 2 aromatic heterocycles. The highest BCUT2D eigenvalue weighted by molar-refractivity contribution is 6.29. The maximum atomic E-state index is 12.8. The molecule has 1 amide bonds. The second-order valence-corrected chi connectivity index (χ2v) is 6.01. The van der Waals surface area contributed by atoms with Gasteiger partial charge in [0, 0.05) is 18.2 Å². The van der Waals surface area contributed by atoms with Crippen LogP contribution < -0.4 is 5.32 Å². The molecule has 8 nitrogen and oxygen atoms in total. The third-order valence-electron chi connectivity index (χ3n) is 3.86. The number of aromatic nitrogens is 4. The molecule has 0 radical (unpaired) electrons. The highest BCUT2D eigenvalue weighted by Gasteiger charge is 2.24. The van der Waals surface area contributed by atoms with Crippen molar-refractivity contribution in [1.29, 1.82) is 0 Å². The zero-order valence-corrected chi connectivity index (χ0v) is 15.1. The van der Waals surface area contributed by atoms with Crippen molar-refractivity contribution in [2.24, 2.45) is 0 Å². The Kier molecular flexibility index (Phi) is 5.77. The molecule has 1 aromatic carbocycles. The molecule has 1 unspecified atom stereocenters. The molecule has 1 atom stereocenters. The van der Waals surface area contributed by atoms with Gasteiger partial charge >= 0.3 is 5.97 Å². The Bertz CT molecular complexity index is 928. The topological polar surface area (TPSA) is 110 Å². The van der Waals surface area contributed by atoms with Crippen LogP contribution in [0.1, 0.15) is 15.9 Å². The average molecular weight is 386 g/mol. The van der Waals surface area contributed by atoms with E-state index in [0.717, 1.165) is 5.56 Å². The minimum Gasteiger partial charge on any atom is -0.467 e. The number of rotatable bonds is 6. The Balaban J connectivity index is 1.83. The van der Waals surface area contributed by atoms with E-state index in [1.165, 1.54) is 13.4 Å². The number of halogens is 1. The summed E-state index contributed by atoms with van der Waals surface area (Å²) in [6, 6.07) is 9.37. The first-order valence-electron chi connectivity index (χ1n) is 8.02. The first-order chi connectivity index (χ1) is 13.1. The molecule has 138 valence electrons. The molecule has 3 aromatic rings. The van der Waals surface area contributed by atoms with Crippen molar-refractivity contribution in [1.82, 2.24) is 25.5 Å². The number of hydrogen-bond donors (Lipinski definition) is 2. The second-order valence-electron chi connectivity index (χ2n) is 5.62. The molecule has 2 N–H and O–H groups in total. The third-order valence-corrected chi connectivity index (χ3v) is 4.08. The number of esters is 1. The number of pyridine rings is 1. The van der Waals surface area contributed by atoms with Crippen LogP contribution in [-0.2, 0) is 16.0 Å². The van der Waals surface area contributed by atoms with Crippen molar-refractivity contribution in [3.63, 3.8) is 0 Å². The van der Waals surface area contributed by atoms with E-state index in [-0.39, 0.29) is 6.42 Å². The van der Waals surface area contributed by atoms with Gasteiger partial charge in [-0.25, -0.2) is 14.8 Å². The van der Waals surface area contributed by atoms with Crippen LogP contribution >= 0.6 is 11.6 Å². The van der Waals surface area contributed by atoms with Crippen LogP contribution in [0.2, 0.25) is 5.15 Å². The molecule has 0 saturated heterocycles. The number of aromatic amines is 1. The maximum Gasteiger partial charge on any atom is 0.328 e. The molecule has 0 fully saturated rings. The van der Waals surface area contributed by atoms with Crippen molar-refractivity contribution < 1.29 is 14.3 Å². The quantitative estimate of drug-likeness (QED) is 0.496. The molecule has 0 aliphatic heterocycles. The van der Waals surface area contributed by atoms with Gasteiger partial charge < -0.3 is 10.1 Å². The highest BCUT2D eigenvalue weighted by atomic mass is 35.5. The molecule has 3 rings (SSSR count). The van der Waals surface area contributed by atoms with Gasteiger partial charge in [0.25, 0.3) is 5.91 Å². The summed E-state index contributed by atoms with van der Waals surface area (Å²) in [4.78, 5) is 33.0. The summed E-state index contributed by atoms with van der Waals surface area (Å²) in [7, 11) is 1.27.